The maximum atomic E-state index is 12.4. The van der Waals surface area contributed by atoms with Crippen LogP contribution in [0.4, 0.5) is 5.69 Å². The number of aryl methyl sites for hydroxylation is 1. The average molecular weight is 327 g/mol. The Labute approximate surface area is 139 Å². The van der Waals surface area contributed by atoms with Gasteiger partial charge in [0, 0.05) is 22.2 Å². The van der Waals surface area contributed by atoms with E-state index in [1.807, 2.05) is 19.1 Å². The van der Waals surface area contributed by atoms with Crippen molar-refractivity contribution >= 4 is 34.1 Å². The molecule has 2 aromatic carbocycles. The Morgan fingerprint density at radius 3 is 2.57 bits per heavy atom. The minimum atomic E-state index is -0.187. The summed E-state index contributed by atoms with van der Waals surface area (Å²) in [6.07, 6.45) is 1.66. The maximum absolute atomic E-state index is 12.4. The van der Waals surface area contributed by atoms with Crippen LogP contribution in [0.2, 0.25) is 5.02 Å². The first-order valence-corrected chi connectivity index (χ1v) is 7.47. The highest BCUT2D eigenvalue weighted by Crippen LogP contribution is 2.28. The Balaban J connectivity index is 1.94. The number of hydrogen-bond acceptors (Lipinski definition) is 3. The van der Waals surface area contributed by atoms with Gasteiger partial charge in [-0.25, -0.2) is 0 Å². The van der Waals surface area contributed by atoms with Crippen LogP contribution < -0.4 is 10.1 Å². The number of aromatic nitrogens is 1. The van der Waals surface area contributed by atoms with Crippen molar-refractivity contribution in [3.8, 4) is 5.75 Å². The molecule has 5 heteroatoms. The molecule has 0 bridgehead atoms. The molecule has 0 saturated carbocycles. The van der Waals surface area contributed by atoms with Crippen molar-refractivity contribution in [1.82, 2.24) is 4.98 Å². The van der Waals surface area contributed by atoms with Crippen molar-refractivity contribution in [3.05, 3.63) is 64.8 Å². The third kappa shape index (κ3) is 2.98. The quantitative estimate of drug-likeness (QED) is 0.773. The lowest BCUT2D eigenvalue weighted by Gasteiger charge is -2.10. The van der Waals surface area contributed by atoms with E-state index in [4.69, 9.17) is 16.3 Å². The fourth-order valence-electron chi connectivity index (χ4n) is 2.38. The monoisotopic (exact) mass is 326 g/mol. The Morgan fingerprint density at radius 2 is 1.87 bits per heavy atom. The Morgan fingerprint density at radius 1 is 1.13 bits per heavy atom. The van der Waals surface area contributed by atoms with Gasteiger partial charge in [0.25, 0.3) is 5.91 Å². The number of amides is 1. The van der Waals surface area contributed by atoms with Crippen LogP contribution in [0.1, 0.15) is 15.9 Å². The molecule has 0 saturated heterocycles. The van der Waals surface area contributed by atoms with Crippen LogP contribution in [0.15, 0.2) is 48.7 Å². The summed E-state index contributed by atoms with van der Waals surface area (Å²) < 4.78 is 5.10. The largest absolute Gasteiger partial charge is 0.497 e. The number of ether oxygens (including phenoxy) is 1. The number of nitrogens with one attached hydrogen (secondary N) is 1. The molecule has 0 unspecified atom stereocenters. The zero-order valence-electron chi connectivity index (χ0n) is 12.8. The lowest BCUT2D eigenvalue weighted by molar-refractivity contribution is 0.102. The first kappa shape index (κ1) is 15.3. The van der Waals surface area contributed by atoms with E-state index >= 15 is 0 Å². The molecule has 1 amide bonds. The molecule has 0 radical (unpaired) electrons. The topological polar surface area (TPSA) is 51.2 Å². The number of methoxy groups -OCH3 is 1. The zero-order chi connectivity index (χ0) is 16.4. The van der Waals surface area contributed by atoms with Gasteiger partial charge < -0.3 is 10.1 Å². The first-order chi connectivity index (χ1) is 11.1. The van der Waals surface area contributed by atoms with E-state index in [0.29, 0.717) is 22.0 Å². The SMILES string of the molecule is COc1ccc(C(=O)Nc2ccnc3c(C)c(Cl)ccc23)cc1. The van der Waals surface area contributed by atoms with E-state index < -0.39 is 0 Å². The molecule has 1 N–H and O–H groups in total. The molecule has 4 nitrogen and oxygen atoms in total. The standard InChI is InChI=1S/C18H15ClN2O2/c1-11-15(19)8-7-14-16(9-10-20-17(11)14)21-18(22)12-3-5-13(23-2)6-4-12/h3-10H,1-2H3,(H,20,21,22). The Hall–Kier alpha value is -2.59. The lowest BCUT2D eigenvalue weighted by Crippen LogP contribution is -2.12. The molecule has 0 aliphatic carbocycles. The van der Waals surface area contributed by atoms with Crippen LogP contribution in [0.25, 0.3) is 10.9 Å². The predicted octanol–water partition coefficient (Wildman–Crippen LogP) is 4.46. The van der Waals surface area contributed by atoms with Crippen molar-refractivity contribution in [2.75, 3.05) is 12.4 Å². The molecule has 3 rings (SSSR count). The highest BCUT2D eigenvalue weighted by atomic mass is 35.5. The van der Waals surface area contributed by atoms with Gasteiger partial charge in [-0.2, -0.15) is 0 Å². The van der Waals surface area contributed by atoms with Crippen molar-refractivity contribution in [2.45, 2.75) is 6.92 Å². The highest BCUT2D eigenvalue weighted by Gasteiger charge is 2.11. The van der Waals surface area contributed by atoms with Crippen LogP contribution in [-0.4, -0.2) is 18.0 Å². The van der Waals surface area contributed by atoms with Gasteiger partial charge in [0.1, 0.15) is 5.75 Å². The molecule has 1 aromatic heterocycles. The van der Waals surface area contributed by atoms with Gasteiger partial charge in [0.05, 0.1) is 18.3 Å². The number of rotatable bonds is 3. The van der Waals surface area contributed by atoms with Gasteiger partial charge in [-0.05, 0) is 55.0 Å². The number of benzene rings is 2. The summed E-state index contributed by atoms with van der Waals surface area (Å²) >= 11 is 6.13. The number of pyridine rings is 1. The summed E-state index contributed by atoms with van der Waals surface area (Å²) in [7, 11) is 1.59. The zero-order valence-corrected chi connectivity index (χ0v) is 13.5. The maximum Gasteiger partial charge on any atom is 0.255 e. The number of anilines is 1. The molecular weight excluding hydrogens is 312 g/mol. The van der Waals surface area contributed by atoms with Gasteiger partial charge in [-0.1, -0.05) is 11.6 Å². The minimum Gasteiger partial charge on any atom is -0.497 e. The summed E-state index contributed by atoms with van der Waals surface area (Å²) in [6, 6.07) is 12.4. The summed E-state index contributed by atoms with van der Waals surface area (Å²) in [5.74, 6) is 0.522. The smallest absolute Gasteiger partial charge is 0.255 e. The van der Waals surface area contributed by atoms with Crippen molar-refractivity contribution in [2.24, 2.45) is 0 Å². The summed E-state index contributed by atoms with van der Waals surface area (Å²) in [6.45, 7) is 1.91. The van der Waals surface area contributed by atoms with E-state index in [9.17, 15) is 4.79 Å². The summed E-state index contributed by atoms with van der Waals surface area (Å²) in [5, 5.41) is 4.44. The molecule has 0 fully saturated rings. The highest BCUT2D eigenvalue weighted by molar-refractivity contribution is 6.32. The summed E-state index contributed by atoms with van der Waals surface area (Å²) in [4.78, 5) is 16.8. The summed E-state index contributed by atoms with van der Waals surface area (Å²) in [5.41, 5.74) is 2.94. The number of hydrogen-bond donors (Lipinski definition) is 1. The van der Waals surface area contributed by atoms with Gasteiger partial charge in [0.2, 0.25) is 0 Å². The molecule has 3 aromatic rings. The lowest BCUT2D eigenvalue weighted by atomic mass is 10.1. The Bertz CT molecular complexity index is 876. The van der Waals surface area contributed by atoms with E-state index in [-0.39, 0.29) is 5.91 Å². The van der Waals surface area contributed by atoms with Gasteiger partial charge >= 0.3 is 0 Å². The third-order valence-electron chi connectivity index (χ3n) is 3.70. The van der Waals surface area contributed by atoms with Crippen molar-refractivity contribution in [1.29, 1.82) is 0 Å². The number of carbonyl (C=O) groups is 1. The molecule has 0 aliphatic rings. The van der Waals surface area contributed by atoms with E-state index in [1.165, 1.54) is 0 Å². The fraction of sp³-hybridized carbons (Fsp3) is 0.111. The molecule has 0 aliphatic heterocycles. The van der Waals surface area contributed by atoms with Crippen LogP contribution in [0.5, 0.6) is 5.75 Å². The van der Waals surface area contributed by atoms with Crippen LogP contribution in [0.3, 0.4) is 0 Å². The molecule has 1 heterocycles. The number of nitrogens with zero attached hydrogens (tertiary/aromatic N) is 1. The van der Waals surface area contributed by atoms with Crippen LogP contribution in [0, 0.1) is 6.92 Å². The number of carbonyl (C=O) groups excluding carboxylic acids is 1. The van der Waals surface area contributed by atoms with Gasteiger partial charge in [-0.15, -0.1) is 0 Å². The second kappa shape index (κ2) is 6.26. The minimum absolute atomic E-state index is 0.187. The van der Waals surface area contributed by atoms with Gasteiger partial charge in [0.15, 0.2) is 0 Å². The third-order valence-corrected chi connectivity index (χ3v) is 4.11. The normalized spacial score (nSPS) is 10.6. The number of halogens is 1. The van der Waals surface area contributed by atoms with Crippen LogP contribution in [-0.2, 0) is 0 Å². The molecular formula is C18H15ClN2O2. The van der Waals surface area contributed by atoms with Crippen molar-refractivity contribution in [3.63, 3.8) is 0 Å². The van der Waals surface area contributed by atoms with Crippen LogP contribution >= 0.6 is 11.6 Å². The fourth-order valence-corrected chi connectivity index (χ4v) is 2.53. The molecule has 116 valence electrons. The van der Waals surface area contributed by atoms with E-state index in [0.717, 1.165) is 16.5 Å². The van der Waals surface area contributed by atoms with Crippen molar-refractivity contribution < 1.29 is 9.53 Å². The molecule has 0 spiro atoms. The molecule has 23 heavy (non-hydrogen) atoms. The predicted molar refractivity (Wildman–Crippen MR) is 92.4 cm³/mol. The Kier molecular flexibility index (Phi) is 4.17. The van der Waals surface area contributed by atoms with E-state index in [2.05, 4.69) is 10.3 Å². The van der Waals surface area contributed by atoms with Gasteiger partial charge in [-0.3, -0.25) is 9.78 Å². The first-order valence-electron chi connectivity index (χ1n) is 7.09. The number of fused-ring (bicyclic) bond motifs is 1. The average Bonchev–Trinajstić information content (AvgIpc) is 2.58. The second-order valence-corrected chi connectivity index (χ2v) is 5.52. The second-order valence-electron chi connectivity index (χ2n) is 5.11. The molecule has 0 atom stereocenters. The van der Waals surface area contributed by atoms with E-state index in [1.54, 1.807) is 43.6 Å².